The number of carbonyl (C=O) groups excluding carboxylic acids is 1. The first kappa shape index (κ1) is 17.4. The Balaban J connectivity index is 2.04. The average Bonchev–Trinajstić information content (AvgIpc) is 3.03. The molecular formula is C23H13N3O2. The standard InChI is InChI=1S/C23H13N3O2/c1-26-19(12-25)21-17-4-2-3-15-16(9-10-18(20(15)17)23(21)28)22(27)14-7-5-13(11-24)6-8-14/h2-10H,11,24H2/b21-19-. The lowest BCUT2D eigenvalue weighted by atomic mass is 9.95. The fourth-order valence-corrected chi connectivity index (χ4v) is 3.58. The van der Waals surface area contributed by atoms with E-state index in [2.05, 4.69) is 4.85 Å². The van der Waals surface area contributed by atoms with Crippen LogP contribution in [0.15, 0.2) is 59.4 Å². The zero-order valence-electron chi connectivity index (χ0n) is 14.7. The number of nitrogens with two attached hydrogens (primary N) is 1. The summed E-state index contributed by atoms with van der Waals surface area (Å²) in [5.74, 6) is -0.164. The third kappa shape index (κ3) is 2.43. The van der Waals surface area contributed by atoms with Gasteiger partial charge in [0.25, 0.3) is 5.70 Å². The summed E-state index contributed by atoms with van der Waals surface area (Å²) < 4.78 is 0. The second kappa shape index (κ2) is 6.59. The number of carbonyl (C=O) groups is 1. The van der Waals surface area contributed by atoms with E-state index in [4.69, 9.17) is 12.3 Å². The Bertz CT molecular complexity index is 1420. The molecule has 2 N–H and O–H groups in total. The Hall–Kier alpha value is -4.06. The molecule has 0 aliphatic carbocycles. The maximum absolute atomic E-state index is 13.1. The molecule has 0 saturated heterocycles. The zero-order valence-corrected chi connectivity index (χ0v) is 14.7. The highest BCUT2D eigenvalue weighted by Gasteiger charge is 2.19. The number of rotatable bonds is 3. The minimum Gasteiger partial charge on any atom is -0.326 e. The molecule has 4 aromatic carbocycles. The van der Waals surface area contributed by atoms with Gasteiger partial charge in [-0.15, -0.1) is 0 Å². The molecule has 0 amide bonds. The quantitative estimate of drug-likeness (QED) is 0.448. The third-order valence-electron chi connectivity index (χ3n) is 4.93. The number of benzene rings is 3. The molecule has 132 valence electrons. The van der Waals surface area contributed by atoms with Gasteiger partial charge in [-0.25, -0.2) is 10.1 Å². The van der Waals surface area contributed by atoms with Crippen LogP contribution in [-0.2, 0) is 6.54 Å². The lowest BCUT2D eigenvalue weighted by molar-refractivity contribution is 0.104. The van der Waals surface area contributed by atoms with Crippen molar-refractivity contribution in [3.8, 4) is 6.07 Å². The van der Waals surface area contributed by atoms with Crippen molar-refractivity contribution in [2.24, 2.45) is 5.73 Å². The van der Waals surface area contributed by atoms with Crippen molar-refractivity contribution in [3.63, 3.8) is 0 Å². The van der Waals surface area contributed by atoms with Gasteiger partial charge >= 0.3 is 0 Å². The maximum Gasteiger partial charge on any atom is 0.273 e. The van der Waals surface area contributed by atoms with Gasteiger partial charge in [-0.2, -0.15) is 0 Å². The molecule has 5 heteroatoms. The predicted octanol–water partition coefficient (Wildman–Crippen LogP) is 2.75. The summed E-state index contributed by atoms with van der Waals surface area (Å²) in [5, 5.41) is 11.5. The van der Waals surface area contributed by atoms with Crippen molar-refractivity contribution in [2.45, 2.75) is 6.54 Å². The second-order valence-corrected chi connectivity index (χ2v) is 6.40. The number of nitriles is 1. The lowest BCUT2D eigenvalue weighted by Gasteiger charge is -2.07. The van der Waals surface area contributed by atoms with Crippen LogP contribution in [-0.4, -0.2) is 5.78 Å². The highest BCUT2D eigenvalue weighted by molar-refractivity contribution is 6.23. The van der Waals surface area contributed by atoms with E-state index in [1.54, 1.807) is 48.5 Å². The predicted molar refractivity (Wildman–Crippen MR) is 108 cm³/mol. The molecule has 0 spiro atoms. The van der Waals surface area contributed by atoms with Gasteiger partial charge in [0.05, 0.1) is 12.6 Å². The molecule has 0 fully saturated rings. The SMILES string of the molecule is [C-]#[N+]/C(C#N)=c1\c(=O)c2ccc(C(=O)c3ccc(CN)cc3)c3cccc1c32. The Morgan fingerprint density at radius 1 is 1.04 bits per heavy atom. The van der Waals surface area contributed by atoms with Gasteiger partial charge in [-0.3, -0.25) is 9.59 Å². The summed E-state index contributed by atoms with van der Waals surface area (Å²) in [6.45, 7) is 7.60. The first-order valence-electron chi connectivity index (χ1n) is 8.57. The van der Waals surface area contributed by atoms with E-state index < -0.39 is 0 Å². The van der Waals surface area contributed by atoms with Crippen LogP contribution < -0.4 is 16.4 Å². The van der Waals surface area contributed by atoms with E-state index in [9.17, 15) is 14.9 Å². The minimum absolute atomic E-state index is 0.106. The molecule has 0 atom stereocenters. The molecule has 0 aromatic heterocycles. The summed E-state index contributed by atoms with van der Waals surface area (Å²) >= 11 is 0. The molecular weight excluding hydrogens is 350 g/mol. The molecule has 4 aromatic rings. The van der Waals surface area contributed by atoms with Crippen LogP contribution in [0.2, 0.25) is 0 Å². The lowest BCUT2D eigenvalue weighted by Crippen LogP contribution is -2.21. The molecule has 0 aliphatic rings. The third-order valence-corrected chi connectivity index (χ3v) is 4.93. The summed E-state index contributed by atoms with van der Waals surface area (Å²) in [5.41, 5.74) is 6.94. The number of ketones is 1. The molecule has 28 heavy (non-hydrogen) atoms. The largest absolute Gasteiger partial charge is 0.326 e. The molecule has 0 saturated carbocycles. The van der Waals surface area contributed by atoms with Gasteiger partial charge in [0.1, 0.15) is 0 Å². The number of nitrogens with zero attached hydrogens (tertiary/aromatic N) is 2. The first-order valence-corrected chi connectivity index (χ1v) is 8.57. The van der Waals surface area contributed by atoms with Gasteiger partial charge in [-0.1, -0.05) is 42.5 Å². The first-order chi connectivity index (χ1) is 13.6. The topological polar surface area (TPSA) is 88.3 Å². The zero-order chi connectivity index (χ0) is 19.8. The van der Waals surface area contributed by atoms with E-state index >= 15 is 0 Å². The van der Waals surface area contributed by atoms with E-state index in [0.717, 1.165) is 5.56 Å². The van der Waals surface area contributed by atoms with E-state index in [1.807, 2.05) is 12.1 Å². The van der Waals surface area contributed by atoms with Crippen LogP contribution in [0, 0.1) is 17.9 Å². The van der Waals surface area contributed by atoms with Crippen molar-refractivity contribution in [1.82, 2.24) is 0 Å². The number of hydrogen-bond acceptors (Lipinski definition) is 4. The van der Waals surface area contributed by atoms with Crippen molar-refractivity contribution < 1.29 is 4.79 Å². The van der Waals surface area contributed by atoms with Crippen molar-refractivity contribution in [3.05, 3.63) is 98.1 Å². The molecule has 0 unspecified atom stereocenters. The average molecular weight is 363 g/mol. The Morgan fingerprint density at radius 3 is 2.39 bits per heavy atom. The smallest absolute Gasteiger partial charge is 0.273 e. The maximum atomic E-state index is 13.1. The molecule has 0 radical (unpaired) electrons. The highest BCUT2D eigenvalue weighted by Crippen LogP contribution is 2.28. The van der Waals surface area contributed by atoms with E-state index in [1.165, 1.54) is 0 Å². The van der Waals surface area contributed by atoms with Crippen LogP contribution >= 0.6 is 0 Å². The van der Waals surface area contributed by atoms with Gasteiger partial charge in [0.2, 0.25) is 0 Å². The Labute approximate surface area is 160 Å². The van der Waals surface area contributed by atoms with E-state index in [0.29, 0.717) is 39.2 Å². The molecule has 0 aliphatic heterocycles. The summed E-state index contributed by atoms with van der Waals surface area (Å²) in [7, 11) is 0. The summed E-state index contributed by atoms with van der Waals surface area (Å²) in [6.07, 6.45) is 0. The van der Waals surface area contributed by atoms with Crippen LogP contribution in [0.1, 0.15) is 21.5 Å². The van der Waals surface area contributed by atoms with Crippen LogP contribution in [0.5, 0.6) is 0 Å². The fourth-order valence-electron chi connectivity index (χ4n) is 3.58. The molecule has 5 nitrogen and oxygen atoms in total. The summed E-state index contributed by atoms with van der Waals surface area (Å²) in [6, 6.07) is 17.3. The normalized spacial score (nSPS) is 12.0. The van der Waals surface area contributed by atoms with Crippen LogP contribution in [0.3, 0.4) is 0 Å². The highest BCUT2D eigenvalue weighted by atomic mass is 16.1. The van der Waals surface area contributed by atoms with Crippen molar-refractivity contribution in [2.75, 3.05) is 0 Å². The minimum atomic E-state index is -0.356. The fraction of sp³-hybridized carbons (Fsp3) is 0.0435. The second-order valence-electron chi connectivity index (χ2n) is 6.40. The monoisotopic (exact) mass is 363 g/mol. The molecule has 0 heterocycles. The molecule has 0 bridgehead atoms. The van der Waals surface area contributed by atoms with Crippen molar-refractivity contribution in [1.29, 1.82) is 5.26 Å². The Morgan fingerprint density at radius 2 is 1.75 bits per heavy atom. The van der Waals surface area contributed by atoms with Crippen molar-refractivity contribution >= 4 is 33.0 Å². The van der Waals surface area contributed by atoms with Gasteiger partial charge in [-0.05, 0) is 28.5 Å². The summed E-state index contributed by atoms with van der Waals surface area (Å²) in [4.78, 5) is 29.1. The molecule has 4 rings (SSSR count). The van der Waals surface area contributed by atoms with Crippen LogP contribution in [0.4, 0.5) is 0 Å². The van der Waals surface area contributed by atoms with Gasteiger partial charge < -0.3 is 5.73 Å². The van der Waals surface area contributed by atoms with Crippen LogP contribution in [0.25, 0.3) is 32.1 Å². The Kier molecular flexibility index (Phi) is 4.08. The van der Waals surface area contributed by atoms with E-state index in [-0.39, 0.29) is 22.1 Å². The number of hydrogen-bond donors (Lipinski definition) is 1. The van der Waals surface area contributed by atoms with Gasteiger partial charge in [0, 0.05) is 33.7 Å². The van der Waals surface area contributed by atoms with Gasteiger partial charge in [0.15, 0.2) is 11.2 Å².